The number of carboxylic acid groups (broad SMARTS) is 1. The molecule has 2 N–H and O–H groups in total. The third kappa shape index (κ3) is 3.30. The molecule has 0 bridgehead atoms. The van der Waals surface area contributed by atoms with E-state index in [2.05, 4.69) is 5.32 Å². The van der Waals surface area contributed by atoms with Crippen molar-refractivity contribution >= 4 is 11.9 Å². The Labute approximate surface area is 104 Å². The fourth-order valence-corrected chi connectivity index (χ4v) is 1.61. The Kier molecular flexibility index (Phi) is 4.43. The van der Waals surface area contributed by atoms with Crippen LogP contribution in [0.1, 0.15) is 32.4 Å². The topological polar surface area (TPSA) is 106 Å². The zero-order chi connectivity index (χ0) is 13.8. The van der Waals surface area contributed by atoms with Gasteiger partial charge in [0.15, 0.2) is 0 Å². The van der Waals surface area contributed by atoms with Gasteiger partial charge in [-0.2, -0.15) is 0 Å². The standard InChI is InChI=1S/C11H16N2O5/c1-3-6-11(2,10(14)15)12-7-8-4-5-9(18-8)13(16)17/h4-5,12H,3,6-7H2,1-2H3,(H,14,15). The van der Waals surface area contributed by atoms with Crippen molar-refractivity contribution in [1.29, 1.82) is 0 Å². The number of nitrogens with zero attached hydrogens (tertiary/aromatic N) is 1. The predicted octanol–water partition coefficient (Wildman–Crippen LogP) is 1.92. The van der Waals surface area contributed by atoms with Crippen molar-refractivity contribution in [2.75, 3.05) is 0 Å². The number of carboxylic acids is 1. The maximum Gasteiger partial charge on any atom is 0.433 e. The van der Waals surface area contributed by atoms with Crippen molar-refractivity contribution in [3.63, 3.8) is 0 Å². The lowest BCUT2D eigenvalue weighted by Crippen LogP contribution is -2.48. The second kappa shape index (κ2) is 5.63. The van der Waals surface area contributed by atoms with Crippen LogP contribution in [0, 0.1) is 10.1 Å². The van der Waals surface area contributed by atoms with Crippen LogP contribution in [0.4, 0.5) is 5.88 Å². The van der Waals surface area contributed by atoms with Crippen molar-refractivity contribution in [3.05, 3.63) is 28.0 Å². The van der Waals surface area contributed by atoms with E-state index in [4.69, 9.17) is 9.52 Å². The molecule has 7 heteroatoms. The first-order chi connectivity index (χ1) is 8.39. The predicted molar refractivity (Wildman–Crippen MR) is 63.2 cm³/mol. The van der Waals surface area contributed by atoms with Gasteiger partial charge < -0.3 is 9.52 Å². The lowest BCUT2D eigenvalue weighted by molar-refractivity contribution is -0.402. The van der Waals surface area contributed by atoms with Gasteiger partial charge in [0.05, 0.1) is 12.6 Å². The van der Waals surface area contributed by atoms with Gasteiger partial charge in [-0.25, -0.2) is 0 Å². The summed E-state index contributed by atoms with van der Waals surface area (Å²) in [6.45, 7) is 3.60. The molecule has 7 nitrogen and oxygen atoms in total. The molecule has 0 aliphatic rings. The molecule has 1 aromatic rings. The number of rotatable bonds is 7. The Balaban J connectivity index is 2.67. The van der Waals surface area contributed by atoms with Gasteiger partial charge in [-0.1, -0.05) is 13.3 Å². The van der Waals surface area contributed by atoms with Crippen LogP contribution in [0.3, 0.4) is 0 Å². The minimum absolute atomic E-state index is 0.136. The zero-order valence-corrected chi connectivity index (χ0v) is 10.3. The van der Waals surface area contributed by atoms with E-state index < -0.39 is 16.4 Å². The molecule has 1 heterocycles. The normalized spacial score (nSPS) is 14.1. The lowest BCUT2D eigenvalue weighted by Gasteiger charge is -2.25. The fraction of sp³-hybridized carbons (Fsp3) is 0.545. The Bertz CT molecular complexity index is 442. The van der Waals surface area contributed by atoms with E-state index in [0.717, 1.165) is 0 Å². The highest BCUT2D eigenvalue weighted by molar-refractivity contribution is 5.78. The maximum absolute atomic E-state index is 11.1. The van der Waals surface area contributed by atoms with Crippen LogP contribution >= 0.6 is 0 Å². The van der Waals surface area contributed by atoms with Gasteiger partial charge in [0.25, 0.3) is 0 Å². The van der Waals surface area contributed by atoms with Crippen LogP contribution in [0.15, 0.2) is 16.5 Å². The number of hydrogen-bond donors (Lipinski definition) is 2. The van der Waals surface area contributed by atoms with Crippen LogP contribution in [0.2, 0.25) is 0 Å². The smallest absolute Gasteiger partial charge is 0.433 e. The molecule has 0 aliphatic carbocycles. The van der Waals surface area contributed by atoms with Gasteiger partial charge in [0.2, 0.25) is 0 Å². The van der Waals surface area contributed by atoms with Crippen molar-refractivity contribution in [2.24, 2.45) is 0 Å². The Morgan fingerprint density at radius 3 is 2.72 bits per heavy atom. The molecule has 1 unspecified atom stereocenters. The monoisotopic (exact) mass is 256 g/mol. The minimum atomic E-state index is -1.06. The Hall–Kier alpha value is -1.89. The molecule has 100 valence electrons. The molecule has 0 saturated heterocycles. The van der Waals surface area contributed by atoms with Crippen LogP contribution in [0.5, 0.6) is 0 Å². The summed E-state index contributed by atoms with van der Waals surface area (Å²) in [4.78, 5) is 20.9. The van der Waals surface area contributed by atoms with Gasteiger partial charge in [-0.05, 0) is 19.4 Å². The molecule has 1 atom stereocenters. The lowest BCUT2D eigenvalue weighted by atomic mass is 9.96. The average Bonchev–Trinajstić information content (AvgIpc) is 2.75. The highest BCUT2D eigenvalue weighted by Gasteiger charge is 2.31. The third-order valence-corrected chi connectivity index (χ3v) is 2.70. The van der Waals surface area contributed by atoms with Crippen molar-refractivity contribution in [2.45, 2.75) is 38.8 Å². The summed E-state index contributed by atoms with van der Waals surface area (Å²) in [6.07, 6.45) is 1.18. The molecule has 0 aromatic carbocycles. The van der Waals surface area contributed by atoms with Gasteiger partial charge in [0, 0.05) is 0 Å². The van der Waals surface area contributed by atoms with Crippen molar-refractivity contribution in [3.8, 4) is 0 Å². The Morgan fingerprint density at radius 2 is 2.28 bits per heavy atom. The van der Waals surface area contributed by atoms with E-state index in [1.54, 1.807) is 6.92 Å². The van der Waals surface area contributed by atoms with E-state index in [1.807, 2.05) is 6.92 Å². The first-order valence-corrected chi connectivity index (χ1v) is 5.60. The Morgan fingerprint density at radius 1 is 1.61 bits per heavy atom. The van der Waals surface area contributed by atoms with Gasteiger partial charge in [-0.15, -0.1) is 0 Å². The zero-order valence-electron chi connectivity index (χ0n) is 10.3. The van der Waals surface area contributed by atoms with Crippen LogP contribution in [-0.2, 0) is 11.3 Å². The van der Waals surface area contributed by atoms with Crippen molar-refractivity contribution < 1.29 is 19.2 Å². The summed E-state index contributed by atoms with van der Waals surface area (Å²) in [5, 5.41) is 22.4. The largest absolute Gasteiger partial charge is 0.480 e. The second-order valence-corrected chi connectivity index (χ2v) is 4.24. The number of furan rings is 1. The van der Waals surface area contributed by atoms with Gasteiger partial charge in [-0.3, -0.25) is 20.2 Å². The molecule has 1 rings (SSSR count). The molecule has 0 radical (unpaired) electrons. The fourth-order valence-electron chi connectivity index (χ4n) is 1.61. The summed E-state index contributed by atoms with van der Waals surface area (Å²) in [7, 11) is 0. The van der Waals surface area contributed by atoms with E-state index >= 15 is 0 Å². The van der Waals surface area contributed by atoms with E-state index in [1.165, 1.54) is 12.1 Å². The van der Waals surface area contributed by atoms with Crippen LogP contribution in [-0.4, -0.2) is 21.5 Å². The highest BCUT2D eigenvalue weighted by Crippen LogP contribution is 2.18. The maximum atomic E-state index is 11.1. The van der Waals surface area contributed by atoms with Crippen molar-refractivity contribution in [1.82, 2.24) is 5.32 Å². The minimum Gasteiger partial charge on any atom is -0.480 e. The molecule has 1 aromatic heterocycles. The number of nitro groups is 1. The molecule has 0 spiro atoms. The first-order valence-electron chi connectivity index (χ1n) is 5.60. The van der Waals surface area contributed by atoms with E-state index in [0.29, 0.717) is 18.6 Å². The molecule has 0 saturated carbocycles. The highest BCUT2D eigenvalue weighted by atomic mass is 16.6. The summed E-state index contributed by atoms with van der Waals surface area (Å²) in [5.74, 6) is -0.963. The molecule has 18 heavy (non-hydrogen) atoms. The quantitative estimate of drug-likeness (QED) is 0.570. The summed E-state index contributed by atoms with van der Waals surface area (Å²) in [6, 6.07) is 2.70. The molecular weight excluding hydrogens is 240 g/mol. The van der Waals surface area contributed by atoms with Crippen LogP contribution in [0.25, 0.3) is 0 Å². The number of nitrogens with one attached hydrogen (secondary N) is 1. The molecular formula is C11H16N2O5. The average molecular weight is 256 g/mol. The van der Waals surface area contributed by atoms with Crippen LogP contribution < -0.4 is 5.32 Å². The van der Waals surface area contributed by atoms with Gasteiger partial charge in [0.1, 0.15) is 16.2 Å². The number of aliphatic carboxylic acids is 1. The number of carbonyl (C=O) groups is 1. The van der Waals surface area contributed by atoms with Gasteiger partial charge >= 0.3 is 11.9 Å². The summed E-state index contributed by atoms with van der Waals surface area (Å²) >= 11 is 0. The first kappa shape index (κ1) is 14.2. The third-order valence-electron chi connectivity index (χ3n) is 2.70. The SMILES string of the molecule is CCCC(C)(NCc1ccc([N+](=O)[O-])o1)C(=O)O. The summed E-state index contributed by atoms with van der Waals surface area (Å²) < 4.78 is 4.94. The number of hydrogen-bond acceptors (Lipinski definition) is 5. The second-order valence-electron chi connectivity index (χ2n) is 4.24. The molecule has 0 amide bonds. The molecule has 0 aliphatic heterocycles. The summed E-state index contributed by atoms with van der Waals surface area (Å²) in [5.41, 5.74) is -1.06. The van der Waals surface area contributed by atoms with E-state index in [-0.39, 0.29) is 12.4 Å². The van der Waals surface area contributed by atoms with E-state index in [9.17, 15) is 14.9 Å². The molecule has 0 fully saturated rings.